The number of aryl methyl sites for hydroxylation is 1. The van der Waals surface area contributed by atoms with E-state index < -0.39 is 0 Å². The Kier molecular flexibility index (Phi) is 3.10. The second-order valence-electron chi connectivity index (χ2n) is 2.72. The van der Waals surface area contributed by atoms with E-state index in [2.05, 4.69) is 34.2 Å². The maximum atomic E-state index is 4.04. The average molecular weight is 223 g/mol. The predicted octanol–water partition coefficient (Wildman–Crippen LogP) is 2.91. The highest BCUT2D eigenvalue weighted by Crippen LogP contribution is 2.36. The number of nitrogens with one attached hydrogen (secondary N) is 1. The van der Waals surface area contributed by atoms with Crippen LogP contribution in [0.3, 0.4) is 0 Å². The van der Waals surface area contributed by atoms with E-state index in [9.17, 15) is 0 Å². The fraction of sp³-hybridized carbons (Fsp3) is 0.111. The van der Waals surface area contributed by atoms with Gasteiger partial charge in [0.2, 0.25) is 0 Å². The monoisotopic (exact) mass is 223 g/mol. The molecule has 1 aromatic carbocycles. The lowest BCUT2D eigenvalue weighted by Gasteiger charge is -2.01. The van der Waals surface area contributed by atoms with Gasteiger partial charge >= 0.3 is 0 Å². The Labute approximate surface area is 90.1 Å². The molecule has 0 saturated heterocycles. The van der Waals surface area contributed by atoms with Crippen LogP contribution in [0.1, 0.15) is 5.56 Å². The molecule has 72 valence electrons. The van der Waals surface area contributed by atoms with Crippen molar-refractivity contribution in [3.05, 3.63) is 36.2 Å². The number of aromatic amines is 1. The summed E-state index contributed by atoms with van der Waals surface area (Å²) in [5, 5.41) is 7.43. The zero-order valence-electron chi connectivity index (χ0n) is 7.60. The summed E-state index contributed by atoms with van der Waals surface area (Å²) in [4.78, 5) is 5.29. The summed E-state index contributed by atoms with van der Waals surface area (Å²) in [6.07, 6.45) is 1.51. The number of hydrogen-bond donors (Lipinski definition) is 1. The summed E-state index contributed by atoms with van der Waals surface area (Å²) in [5.41, 5.74) is 1.28. The van der Waals surface area contributed by atoms with Crippen LogP contribution in [0.5, 0.6) is 0 Å². The van der Waals surface area contributed by atoms with Gasteiger partial charge in [0, 0.05) is 4.90 Å². The van der Waals surface area contributed by atoms with E-state index in [1.807, 2.05) is 12.1 Å². The van der Waals surface area contributed by atoms with Gasteiger partial charge in [-0.05, 0) is 40.1 Å². The summed E-state index contributed by atoms with van der Waals surface area (Å²) in [5.74, 6) is 0. The van der Waals surface area contributed by atoms with Gasteiger partial charge in [0.05, 0.1) is 0 Å². The van der Waals surface area contributed by atoms with Crippen molar-refractivity contribution in [2.75, 3.05) is 0 Å². The minimum Gasteiger partial charge on any atom is -0.254 e. The molecule has 0 atom stereocenters. The second kappa shape index (κ2) is 4.52. The van der Waals surface area contributed by atoms with E-state index in [1.54, 1.807) is 21.6 Å². The zero-order chi connectivity index (χ0) is 9.80. The van der Waals surface area contributed by atoms with Crippen LogP contribution in [0.15, 0.2) is 40.6 Å². The Hall–Kier alpha value is -0.940. The summed E-state index contributed by atoms with van der Waals surface area (Å²) in [6, 6.07) is 8.28. The molecule has 0 bridgehead atoms. The van der Waals surface area contributed by atoms with Crippen molar-refractivity contribution in [1.29, 1.82) is 0 Å². The average Bonchev–Trinajstić information content (AvgIpc) is 2.69. The molecule has 14 heavy (non-hydrogen) atoms. The Balaban J connectivity index is 2.02. The molecule has 1 heterocycles. The number of H-pyrrole nitrogens is 1. The van der Waals surface area contributed by atoms with Gasteiger partial charge in [0.1, 0.15) is 6.33 Å². The first-order valence-electron chi connectivity index (χ1n) is 4.12. The lowest BCUT2D eigenvalue weighted by molar-refractivity contribution is 0.978. The first-order valence-corrected chi connectivity index (χ1v) is 6.27. The molecule has 0 spiro atoms. The van der Waals surface area contributed by atoms with Crippen LogP contribution >= 0.6 is 21.6 Å². The number of aromatic nitrogens is 3. The lowest BCUT2D eigenvalue weighted by atomic mass is 10.2. The molecule has 0 radical (unpaired) electrons. The van der Waals surface area contributed by atoms with Crippen molar-refractivity contribution in [1.82, 2.24) is 15.2 Å². The largest absolute Gasteiger partial charge is 0.254 e. The van der Waals surface area contributed by atoms with Gasteiger partial charge in [0.15, 0.2) is 5.16 Å². The molecule has 5 heteroatoms. The SMILES string of the molecule is Cc1ccccc1SSc1ncn[nH]1. The van der Waals surface area contributed by atoms with Crippen molar-refractivity contribution < 1.29 is 0 Å². The second-order valence-corrected chi connectivity index (χ2v) is 4.88. The van der Waals surface area contributed by atoms with Crippen LogP contribution in [-0.2, 0) is 0 Å². The van der Waals surface area contributed by atoms with Crippen LogP contribution < -0.4 is 0 Å². The van der Waals surface area contributed by atoms with Crippen molar-refractivity contribution in [3.63, 3.8) is 0 Å². The first-order chi connectivity index (χ1) is 6.86. The quantitative estimate of drug-likeness (QED) is 0.812. The summed E-state index contributed by atoms with van der Waals surface area (Å²) < 4.78 is 0. The van der Waals surface area contributed by atoms with E-state index in [1.165, 1.54) is 16.8 Å². The Morgan fingerprint density at radius 1 is 1.21 bits per heavy atom. The first kappa shape index (κ1) is 9.61. The van der Waals surface area contributed by atoms with E-state index in [4.69, 9.17) is 0 Å². The van der Waals surface area contributed by atoms with Crippen LogP contribution in [0.4, 0.5) is 0 Å². The third-order valence-electron chi connectivity index (χ3n) is 1.70. The van der Waals surface area contributed by atoms with Gasteiger partial charge in [-0.1, -0.05) is 18.2 Å². The predicted molar refractivity (Wildman–Crippen MR) is 59.3 cm³/mol. The fourth-order valence-corrected chi connectivity index (χ4v) is 2.96. The van der Waals surface area contributed by atoms with Gasteiger partial charge in [0.25, 0.3) is 0 Å². The Morgan fingerprint density at radius 3 is 2.79 bits per heavy atom. The third kappa shape index (κ3) is 2.30. The Morgan fingerprint density at radius 2 is 2.07 bits per heavy atom. The van der Waals surface area contributed by atoms with Crippen molar-refractivity contribution in [2.45, 2.75) is 17.0 Å². The minimum atomic E-state index is 0.832. The minimum absolute atomic E-state index is 0.832. The molecular weight excluding hydrogens is 214 g/mol. The standard InChI is InChI=1S/C9H9N3S2/c1-7-4-2-3-5-8(7)13-14-9-10-6-11-12-9/h2-6H,1H3,(H,10,11,12). The zero-order valence-corrected chi connectivity index (χ0v) is 9.23. The van der Waals surface area contributed by atoms with Crippen molar-refractivity contribution >= 4 is 21.6 Å². The van der Waals surface area contributed by atoms with E-state index >= 15 is 0 Å². The Bertz CT molecular complexity index is 400. The molecule has 0 aliphatic rings. The van der Waals surface area contributed by atoms with Crippen molar-refractivity contribution in [2.24, 2.45) is 0 Å². The number of rotatable bonds is 3. The molecule has 0 saturated carbocycles. The lowest BCUT2D eigenvalue weighted by Crippen LogP contribution is -1.76. The van der Waals surface area contributed by atoms with Gasteiger partial charge in [-0.25, -0.2) is 4.98 Å². The normalized spacial score (nSPS) is 10.4. The van der Waals surface area contributed by atoms with Crippen LogP contribution in [-0.4, -0.2) is 15.2 Å². The highest BCUT2D eigenvalue weighted by molar-refractivity contribution is 8.76. The molecule has 0 aliphatic carbocycles. The molecule has 2 aromatic rings. The molecule has 1 aromatic heterocycles. The van der Waals surface area contributed by atoms with Crippen LogP contribution in [0.2, 0.25) is 0 Å². The molecule has 0 fully saturated rings. The maximum Gasteiger partial charge on any atom is 0.194 e. The maximum absolute atomic E-state index is 4.04. The molecule has 0 amide bonds. The van der Waals surface area contributed by atoms with Gasteiger partial charge in [-0.15, -0.1) is 0 Å². The summed E-state index contributed by atoms with van der Waals surface area (Å²) >= 11 is 0. The van der Waals surface area contributed by atoms with E-state index in [0.29, 0.717) is 0 Å². The highest BCUT2D eigenvalue weighted by atomic mass is 33.1. The topological polar surface area (TPSA) is 41.6 Å². The number of hydrogen-bond acceptors (Lipinski definition) is 4. The molecule has 1 N–H and O–H groups in total. The number of nitrogens with zero attached hydrogens (tertiary/aromatic N) is 2. The molecule has 0 aliphatic heterocycles. The van der Waals surface area contributed by atoms with Gasteiger partial charge in [-0.3, -0.25) is 5.10 Å². The van der Waals surface area contributed by atoms with Gasteiger partial charge < -0.3 is 0 Å². The molecule has 2 rings (SSSR count). The molecular formula is C9H9N3S2. The van der Waals surface area contributed by atoms with E-state index in [-0.39, 0.29) is 0 Å². The highest BCUT2D eigenvalue weighted by Gasteiger charge is 2.01. The third-order valence-corrected chi connectivity index (χ3v) is 4.03. The smallest absolute Gasteiger partial charge is 0.194 e. The summed E-state index contributed by atoms with van der Waals surface area (Å²) in [7, 11) is 3.27. The summed E-state index contributed by atoms with van der Waals surface area (Å²) in [6.45, 7) is 2.10. The van der Waals surface area contributed by atoms with Crippen molar-refractivity contribution in [3.8, 4) is 0 Å². The van der Waals surface area contributed by atoms with E-state index in [0.717, 1.165) is 5.16 Å². The van der Waals surface area contributed by atoms with Gasteiger partial charge in [-0.2, -0.15) is 5.10 Å². The fourth-order valence-electron chi connectivity index (χ4n) is 0.969. The molecule has 3 nitrogen and oxygen atoms in total. The van der Waals surface area contributed by atoms with Crippen LogP contribution in [0, 0.1) is 6.92 Å². The molecule has 0 unspecified atom stereocenters. The van der Waals surface area contributed by atoms with Crippen LogP contribution in [0.25, 0.3) is 0 Å². The number of benzene rings is 1.